The molecule has 0 fully saturated rings. The maximum atomic E-state index is 4.37. The van der Waals surface area contributed by atoms with Crippen molar-refractivity contribution in [2.24, 2.45) is 0 Å². The van der Waals surface area contributed by atoms with Gasteiger partial charge in [-0.15, -0.1) is 0 Å². The van der Waals surface area contributed by atoms with Crippen LogP contribution in [0.25, 0.3) is 0 Å². The minimum atomic E-state index is 0.285. The summed E-state index contributed by atoms with van der Waals surface area (Å²) in [6.45, 7) is 4.43. The highest BCUT2D eigenvalue weighted by Gasteiger charge is 2.17. The van der Waals surface area contributed by atoms with Crippen molar-refractivity contribution in [1.82, 2.24) is 15.3 Å². The molecule has 1 aliphatic carbocycles. The third-order valence-electron chi connectivity index (χ3n) is 4.33. The van der Waals surface area contributed by atoms with E-state index in [2.05, 4.69) is 47.3 Å². The number of fused-ring (bicyclic) bond motifs is 1. The van der Waals surface area contributed by atoms with Crippen LogP contribution in [0.1, 0.15) is 61.3 Å². The fraction of sp³-hybridized carbons (Fsp3) is 0.471. The summed E-state index contributed by atoms with van der Waals surface area (Å²) in [5.74, 6) is 1.03. The Morgan fingerprint density at radius 1 is 1.30 bits per heavy atom. The first-order valence-electron chi connectivity index (χ1n) is 7.65. The topological polar surface area (TPSA) is 40.7 Å². The van der Waals surface area contributed by atoms with Crippen LogP contribution in [0.15, 0.2) is 30.6 Å². The second-order valence-corrected chi connectivity index (χ2v) is 5.71. The molecule has 0 radical (unpaired) electrons. The van der Waals surface area contributed by atoms with Gasteiger partial charge in [0, 0.05) is 18.4 Å². The minimum absolute atomic E-state index is 0.285. The number of nitrogens with one attached hydrogen (secondary N) is 2. The van der Waals surface area contributed by atoms with Gasteiger partial charge in [0.1, 0.15) is 5.82 Å². The van der Waals surface area contributed by atoms with Gasteiger partial charge >= 0.3 is 0 Å². The summed E-state index contributed by atoms with van der Waals surface area (Å²) >= 11 is 0. The van der Waals surface area contributed by atoms with E-state index in [0.717, 1.165) is 12.2 Å². The van der Waals surface area contributed by atoms with Crippen LogP contribution in [0.2, 0.25) is 0 Å². The quantitative estimate of drug-likeness (QED) is 0.869. The molecule has 2 unspecified atom stereocenters. The lowest BCUT2D eigenvalue weighted by atomic mass is 10.0. The van der Waals surface area contributed by atoms with Crippen molar-refractivity contribution in [3.8, 4) is 0 Å². The average Bonchev–Trinajstić information content (AvgIpc) is 3.14. The SMILES string of the molecule is CCC(NC(C)c1ccc2c(c1)CCC2)c1ncc[nH]1. The molecule has 3 nitrogen and oxygen atoms in total. The normalized spacial score (nSPS) is 16.9. The maximum absolute atomic E-state index is 4.37. The first kappa shape index (κ1) is 13.4. The third-order valence-corrected chi connectivity index (χ3v) is 4.33. The fourth-order valence-corrected chi connectivity index (χ4v) is 3.12. The van der Waals surface area contributed by atoms with Gasteiger partial charge in [-0.3, -0.25) is 0 Å². The number of hydrogen-bond donors (Lipinski definition) is 2. The van der Waals surface area contributed by atoms with Crippen molar-refractivity contribution in [1.29, 1.82) is 0 Å². The zero-order chi connectivity index (χ0) is 13.9. The van der Waals surface area contributed by atoms with Crippen LogP contribution >= 0.6 is 0 Å². The third kappa shape index (κ3) is 2.63. The van der Waals surface area contributed by atoms with Gasteiger partial charge in [-0.2, -0.15) is 0 Å². The molecule has 3 rings (SSSR count). The van der Waals surface area contributed by atoms with E-state index in [-0.39, 0.29) is 6.04 Å². The Balaban J connectivity index is 1.74. The second-order valence-electron chi connectivity index (χ2n) is 5.71. The highest BCUT2D eigenvalue weighted by Crippen LogP contribution is 2.26. The summed E-state index contributed by atoms with van der Waals surface area (Å²) in [4.78, 5) is 7.59. The lowest BCUT2D eigenvalue weighted by Crippen LogP contribution is -2.25. The number of rotatable bonds is 5. The first-order chi connectivity index (χ1) is 9.78. The van der Waals surface area contributed by atoms with Crippen LogP contribution in [0, 0.1) is 0 Å². The molecule has 0 amide bonds. The van der Waals surface area contributed by atoms with Gasteiger partial charge < -0.3 is 10.3 Å². The number of hydrogen-bond acceptors (Lipinski definition) is 2. The molecule has 20 heavy (non-hydrogen) atoms. The highest BCUT2D eigenvalue weighted by atomic mass is 15.0. The predicted molar refractivity (Wildman–Crippen MR) is 81.6 cm³/mol. The van der Waals surface area contributed by atoms with Gasteiger partial charge in [-0.05, 0) is 49.3 Å². The van der Waals surface area contributed by atoms with Crippen molar-refractivity contribution in [3.05, 3.63) is 53.1 Å². The highest BCUT2D eigenvalue weighted by molar-refractivity contribution is 5.36. The second kappa shape index (κ2) is 5.80. The summed E-state index contributed by atoms with van der Waals surface area (Å²) in [6.07, 6.45) is 8.54. The Labute approximate surface area is 120 Å². The van der Waals surface area contributed by atoms with Gasteiger partial charge in [0.15, 0.2) is 0 Å². The van der Waals surface area contributed by atoms with E-state index >= 15 is 0 Å². The fourth-order valence-electron chi connectivity index (χ4n) is 3.12. The smallest absolute Gasteiger partial charge is 0.123 e. The maximum Gasteiger partial charge on any atom is 0.123 e. The van der Waals surface area contributed by atoms with E-state index < -0.39 is 0 Å². The van der Waals surface area contributed by atoms with Crippen LogP contribution in [0.4, 0.5) is 0 Å². The van der Waals surface area contributed by atoms with Gasteiger partial charge in [-0.1, -0.05) is 25.1 Å². The number of aromatic nitrogens is 2. The minimum Gasteiger partial charge on any atom is -0.347 e. The van der Waals surface area contributed by atoms with Gasteiger partial charge in [0.2, 0.25) is 0 Å². The zero-order valence-electron chi connectivity index (χ0n) is 12.3. The molecular weight excluding hydrogens is 246 g/mol. The monoisotopic (exact) mass is 269 g/mol. The van der Waals surface area contributed by atoms with Gasteiger partial charge in [0.25, 0.3) is 0 Å². The molecule has 0 aliphatic heterocycles. The summed E-state index contributed by atoms with van der Waals surface area (Å²) in [5, 5.41) is 3.68. The molecule has 0 bridgehead atoms. The summed E-state index contributed by atoms with van der Waals surface area (Å²) < 4.78 is 0. The predicted octanol–water partition coefficient (Wildman–Crippen LogP) is 3.70. The lowest BCUT2D eigenvalue weighted by Gasteiger charge is -2.21. The number of H-pyrrole nitrogens is 1. The summed E-state index contributed by atoms with van der Waals surface area (Å²) in [7, 11) is 0. The molecule has 1 heterocycles. The Morgan fingerprint density at radius 2 is 2.15 bits per heavy atom. The van der Waals surface area contributed by atoms with Crippen LogP contribution in [-0.2, 0) is 12.8 Å². The Kier molecular flexibility index (Phi) is 3.88. The molecule has 1 aromatic carbocycles. The summed E-state index contributed by atoms with van der Waals surface area (Å²) in [5.41, 5.74) is 4.47. The number of benzene rings is 1. The molecular formula is C17H23N3. The lowest BCUT2D eigenvalue weighted by molar-refractivity contribution is 0.441. The van der Waals surface area contributed by atoms with E-state index in [9.17, 15) is 0 Å². The van der Waals surface area contributed by atoms with E-state index in [1.165, 1.54) is 24.8 Å². The Hall–Kier alpha value is -1.61. The Morgan fingerprint density at radius 3 is 2.90 bits per heavy atom. The van der Waals surface area contributed by atoms with Crippen LogP contribution in [-0.4, -0.2) is 9.97 Å². The summed E-state index contributed by atoms with van der Waals surface area (Å²) in [6, 6.07) is 7.60. The van der Waals surface area contributed by atoms with Gasteiger partial charge in [0.05, 0.1) is 6.04 Å². The van der Waals surface area contributed by atoms with E-state index in [0.29, 0.717) is 6.04 Å². The van der Waals surface area contributed by atoms with Crippen molar-refractivity contribution >= 4 is 0 Å². The molecule has 0 saturated heterocycles. The zero-order valence-corrected chi connectivity index (χ0v) is 12.3. The van der Waals surface area contributed by atoms with Gasteiger partial charge in [-0.25, -0.2) is 4.98 Å². The van der Waals surface area contributed by atoms with Crippen molar-refractivity contribution in [2.45, 2.75) is 51.6 Å². The van der Waals surface area contributed by atoms with Crippen LogP contribution in [0.5, 0.6) is 0 Å². The van der Waals surface area contributed by atoms with Crippen molar-refractivity contribution < 1.29 is 0 Å². The first-order valence-corrected chi connectivity index (χ1v) is 7.65. The number of nitrogens with zero attached hydrogens (tertiary/aromatic N) is 1. The van der Waals surface area contributed by atoms with Crippen molar-refractivity contribution in [3.63, 3.8) is 0 Å². The molecule has 0 saturated carbocycles. The van der Waals surface area contributed by atoms with Crippen molar-refractivity contribution in [2.75, 3.05) is 0 Å². The molecule has 3 heteroatoms. The molecule has 0 spiro atoms. The molecule has 1 aromatic heterocycles. The molecule has 2 atom stereocenters. The largest absolute Gasteiger partial charge is 0.347 e. The van der Waals surface area contributed by atoms with E-state index in [1.54, 1.807) is 11.1 Å². The van der Waals surface area contributed by atoms with Crippen LogP contribution < -0.4 is 5.32 Å². The number of aromatic amines is 1. The van der Waals surface area contributed by atoms with E-state index in [1.807, 2.05) is 12.4 Å². The average molecular weight is 269 g/mol. The standard InChI is InChI=1S/C17H23N3/c1-3-16(17-18-9-10-19-17)20-12(2)14-8-7-13-5-4-6-15(13)11-14/h7-12,16,20H,3-6H2,1-2H3,(H,18,19). The molecule has 2 N–H and O–H groups in total. The molecule has 1 aliphatic rings. The number of imidazole rings is 1. The van der Waals surface area contributed by atoms with Crippen LogP contribution in [0.3, 0.4) is 0 Å². The van der Waals surface area contributed by atoms with E-state index in [4.69, 9.17) is 0 Å². The molecule has 106 valence electrons. The number of aryl methyl sites for hydroxylation is 2. The Bertz CT molecular complexity index is 560. The molecule has 2 aromatic rings.